The van der Waals surface area contributed by atoms with E-state index in [-0.39, 0.29) is 17.7 Å². The lowest BCUT2D eigenvalue weighted by molar-refractivity contribution is 0.218. The Hall–Kier alpha value is -1.89. The molecule has 0 saturated heterocycles. The Kier molecular flexibility index (Phi) is 5.96. The molecular weight excluding hydrogens is 348 g/mol. The maximum absolute atomic E-state index is 11.7. The van der Waals surface area contributed by atoms with Crippen LogP contribution in [0.4, 0.5) is 0 Å². The van der Waals surface area contributed by atoms with E-state index in [0.717, 1.165) is 23.3 Å². The summed E-state index contributed by atoms with van der Waals surface area (Å²) >= 11 is 0. The van der Waals surface area contributed by atoms with E-state index in [0.29, 0.717) is 13.2 Å². The molecule has 5 nitrogen and oxygen atoms in total. The number of ether oxygens (including phenoxy) is 1. The first kappa shape index (κ1) is 18.9. The van der Waals surface area contributed by atoms with Crippen molar-refractivity contribution < 1.29 is 13.2 Å². The van der Waals surface area contributed by atoms with Crippen LogP contribution in [0.25, 0.3) is 0 Å². The van der Waals surface area contributed by atoms with Crippen LogP contribution in [0.3, 0.4) is 0 Å². The summed E-state index contributed by atoms with van der Waals surface area (Å²) in [4.78, 5) is 0. The van der Waals surface area contributed by atoms with Gasteiger partial charge in [0.1, 0.15) is 12.4 Å². The summed E-state index contributed by atoms with van der Waals surface area (Å²) in [5.41, 5.74) is 3.36. The van der Waals surface area contributed by atoms with Crippen LogP contribution in [0, 0.1) is 0 Å². The third-order valence-corrected chi connectivity index (χ3v) is 6.27. The fourth-order valence-corrected chi connectivity index (χ4v) is 3.93. The molecular formula is C20H26N2O3S. The van der Waals surface area contributed by atoms with Gasteiger partial charge < -0.3 is 10.1 Å². The van der Waals surface area contributed by atoms with Gasteiger partial charge in [0.2, 0.25) is 10.0 Å². The van der Waals surface area contributed by atoms with Crippen molar-refractivity contribution in [2.45, 2.75) is 31.8 Å². The second kappa shape index (κ2) is 8.20. The molecule has 2 unspecified atom stereocenters. The summed E-state index contributed by atoms with van der Waals surface area (Å²) in [5, 5.41) is 3.36. The molecule has 2 aromatic carbocycles. The Labute approximate surface area is 155 Å². The van der Waals surface area contributed by atoms with Crippen LogP contribution in [0.5, 0.6) is 5.75 Å². The van der Waals surface area contributed by atoms with Crippen LogP contribution in [0.1, 0.15) is 29.5 Å². The Morgan fingerprint density at radius 3 is 2.58 bits per heavy atom. The van der Waals surface area contributed by atoms with Crippen molar-refractivity contribution in [1.82, 2.24) is 10.0 Å². The van der Waals surface area contributed by atoms with Gasteiger partial charge in [-0.15, -0.1) is 0 Å². The first-order chi connectivity index (χ1) is 12.5. The largest absolute Gasteiger partial charge is 0.492 e. The molecule has 140 valence electrons. The van der Waals surface area contributed by atoms with Crippen molar-refractivity contribution in [2.75, 3.05) is 19.4 Å². The predicted molar refractivity (Wildman–Crippen MR) is 104 cm³/mol. The molecule has 6 heteroatoms. The number of sulfonamides is 1. The summed E-state index contributed by atoms with van der Waals surface area (Å²) in [5.74, 6) is 1.24. The molecule has 1 aliphatic heterocycles. The highest BCUT2D eigenvalue weighted by molar-refractivity contribution is 7.89. The molecule has 2 N–H and O–H groups in total. The van der Waals surface area contributed by atoms with Gasteiger partial charge in [-0.05, 0) is 43.1 Å². The normalized spacial score (nSPS) is 19.6. The first-order valence-corrected chi connectivity index (χ1v) is 10.6. The third kappa shape index (κ3) is 4.44. The maximum Gasteiger partial charge on any atom is 0.211 e. The van der Waals surface area contributed by atoms with Crippen LogP contribution in [0.2, 0.25) is 0 Å². The van der Waals surface area contributed by atoms with Crippen LogP contribution in [-0.4, -0.2) is 33.9 Å². The van der Waals surface area contributed by atoms with Crippen molar-refractivity contribution in [3.05, 3.63) is 65.2 Å². The maximum atomic E-state index is 11.7. The van der Waals surface area contributed by atoms with Gasteiger partial charge in [-0.2, -0.15) is 0 Å². The number of hydrogen-bond donors (Lipinski definition) is 2. The van der Waals surface area contributed by atoms with Crippen LogP contribution in [-0.2, 0) is 23.0 Å². The minimum atomic E-state index is -3.21. The van der Waals surface area contributed by atoms with Gasteiger partial charge in [0.25, 0.3) is 0 Å². The Morgan fingerprint density at radius 2 is 1.88 bits per heavy atom. The Balaban J connectivity index is 1.87. The van der Waals surface area contributed by atoms with Crippen LogP contribution < -0.4 is 14.8 Å². The molecule has 26 heavy (non-hydrogen) atoms. The Morgan fingerprint density at radius 1 is 1.12 bits per heavy atom. The minimum absolute atomic E-state index is 0.0828. The quantitative estimate of drug-likeness (QED) is 0.781. The third-order valence-electron chi connectivity index (χ3n) is 4.92. The zero-order valence-corrected chi connectivity index (χ0v) is 16.1. The topological polar surface area (TPSA) is 67.4 Å². The van der Waals surface area contributed by atoms with Crippen LogP contribution in [0.15, 0.2) is 48.5 Å². The second-order valence-corrected chi connectivity index (χ2v) is 8.69. The summed E-state index contributed by atoms with van der Waals surface area (Å²) in [6.45, 7) is 2.56. The van der Waals surface area contributed by atoms with E-state index >= 15 is 0 Å². The number of rotatable bonds is 7. The monoisotopic (exact) mass is 374 g/mol. The van der Waals surface area contributed by atoms with Gasteiger partial charge in [0, 0.05) is 18.5 Å². The fourth-order valence-electron chi connectivity index (χ4n) is 3.34. The average Bonchev–Trinajstić information content (AvgIpc) is 2.67. The van der Waals surface area contributed by atoms with Gasteiger partial charge in [-0.25, -0.2) is 13.1 Å². The van der Waals surface area contributed by atoms with E-state index < -0.39 is 10.0 Å². The lowest BCUT2D eigenvalue weighted by atomic mass is 9.83. The van der Waals surface area contributed by atoms with Crippen molar-refractivity contribution >= 4 is 10.0 Å². The molecule has 2 aromatic rings. The number of likely N-dealkylation sites (N-methyl/N-ethyl adjacent to an activating group) is 1. The van der Waals surface area contributed by atoms with Gasteiger partial charge in [0.15, 0.2) is 0 Å². The van der Waals surface area contributed by atoms with E-state index in [1.165, 1.54) is 5.56 Å². The molecule has 0 fully saturated rings. The van der Waals surface area contributed by atoms with E-state index in [4.69, 9.17) is 4.74 Å². The predicted octanol–water partition coefficient (Wildman–Crippen LogP) is 2.43. The van der Waals surface area contributed by atoms with Crippen molar-refractivity contribution in [2.24, 2.45) is 0 Å². The molecule has 0 aromatic heterocycles. The van der Waals surface area contributed by atoms with Gasteiger partial charge in [-0.1, -0.05) is 42.5 Å². The molecule has 1 heterocycles. The highest BCUT2D eigenvalue weighted by Crippen LogP contribution is 2.36. The zero-order chi connectivity index (χ0) is 18.6. The van der Waals surface area contributed by atoms with Crippen molar-refractivity contribution in [3.8, 4) is 5.75 Å². The van der Waals surface area contributed by atoms with Crippen LogP contribution >= 0.6 is 0 Å². The average molecular weight is 375 g/mol. The molecule has 3 rings (SSSR count). The molecule has 0 aliphatic carbocycles. The van der Waals surface area contributed by atoms with E-state index in [2.05, 4.69) is 40.4 Å². The van der Waals surface area contributed by atoms with Gasteiger partial charge >= 0.3 is 0 Å². The molecule has 0 bridgehead atoms. The number of fused-ring (bicyclic) bond motifs is 1. The van der Waals surface area contributed by atoms with E-state index in [1.54, 1.807) is 6.92 Å². The van der Waals surface area contributed by atoms with Crippen molar-refractivity contribution in [3.63, 3.8) is 0 Å². The first-order valence-electron chi connectivity index (χ1n) is 8.96. The highest BCUT2D eigenvalue weighted by atomic mass is 32.2. The molecule has 0 amide bonds. The van der Waals surface area contributed by atoms with Gasteiger partial charge in [0.05, 0.1) is 5.75 Å². The zero-order valence-electron chi connectivity index (χ0n) is 15.2. The summed E-state index contributed by atoms with van der Waals surface area (Å²) in [7, 11) is -1.26. The Bertz CT molecular complexity index is 837. The van der Waals surface area contributed by atoms with Gasteiger partial charge in [-0.3, -0.25) is 0 Å². The molecule has 1 aliphatic rings. The summed E-state index contributed by atoms with van der Waals surface area (Å²) in [6, 6.07) is 16.6. The fraction of sp³-hybridized carbons (Fsp3) is 0.400. The van der Waals surface area contributed by atoms with E-state index in [1.807, 2.05) is 25.2 Å². The summed E-state index contributed by atoms with van der Waals surface area (Å²) in [6.07, 6.45) is 0.910. The second-order valence-electron chi connectivity index (χ2n) is 6.60. The molecule has 0 saturated carbocycles. The van der Waals surface area contributed by atoms with Crippen molar-refractivity contribution in [1.29, 1.82) is 0 Å². The number of hydrogen-bond acceptors (Lipinski definition) is 4. The molecule has 0 spiro atoms. The highest BCUT2D eigenvalue weighted by Gasteiger charge is 2.30. The lowest BCUT2D eigenvalue weighted by Gasteiger charge is -2.34. The molecule has 2 atom stereocenters. The SMILES string of the molecule is CCS(=O)(=O)NCc1ccc2c(c1)C(Cc1ccccc1)C(NC)CO2. The number of nitrogens with one attached hydrogen (secondary N) is 2. The number of benzene rings is 2. The van der Waals surface area contributed by atoms with E-state index in [9.17, 15) is 8.42 Å². The lowest BCUT2D eigenvalue weighted by Crippen LogP contribution is -2.41. The summed E-state index contributed by atoms with van der Waals surface area (Å²) < 4.78 is 32.0. The smallest absolute Gasteiger partial charge is 0.211 e. The molecule has 0 radical (unpaired) electrons. The minimum Gasteiger partial charge on any atom is -0.492 e. The standard InChI is InChI=1S/C20H26N2O3S/c1-3-26(23,24)22-13-16-9-10-20-18(12-16)17(19(21-2)14-25-20)11-15-7-5-4-6-8-15/h4-10,12,17,19,21-22H,3,11,13-14H2,1-2H3.